The van der Waals surface area contributed by atoms with Crippen molar-refractivity contribution in [2.45, 2.75) is 12.5 Å². The number of carboxylic acid groups (broad SMARTS) is 1. The summed E-state index contributed by atoms with van der Waals surface area (Å²) in [7, 11) is 0. The Hall–Kier alpha value is -0.730. The van der Waals surface area contributed by atoms with Gasteiger partial charge in [0, 0.05) is 11.9 Å². The Kier molecular flexibility index (Phi) is 4.66. The van der Waals surface area contributed by atoms with Crippen LogP contribution in [-0.4, -0.2) is 39.4 Å². The molecule has 0 aliphatic heterocycles. The van der Waals surface area contributed by atoms with Crippen molar-refractivity contribution in [3.63, 3.8) is 0 Å². The molecule has 1 unspecified atom stereocenters. The van der Waals surface area contributed by atoms with Crippen LogP contribution < -0.4 is 11.2 Å². The molecule has 0 amide bonds. The molecule has 7 nitrogen and oxygen atoms in total. The van der Waals surface area contributed by atoms with Crippen LogP contribution in [0.2, 0.25) is 0 Å². The number of carboxylic acids is 1. The van der Waals surface area contributed by atoms with Gasteiger partial charge in [-0.1, -0.05) is 0 Å². The highest BCUT2D eigenvalue weighted by atomic mass is 16.8. The van der Waals surface area contributed by atoms with Gasteiger partial charge >= 0.3 is 5.97 Å². The molecule has 11 heavy (non-hydrogen) atoms. The van der Waals surface area contributed by atoms with Gasteiger partial charge in [-0.05, 0) is 6.42 Å². The van der Waals surface area contributed by atoms with Crippen LogP contribution in [0.5, 0.6) is 0 Å². The van der Waals surface area contributed by atoms with E-state index in [-0.39, 0.29) is 18.3 Å². The van der Waals surface area contributed by atoms with Gasteiger partial charge < -0.3 is 10.8 Å². The van der Waals surface area contributed by atoms with E-state index >= 15 is 0 Å². The van der Waals surface area contributed by atoms with Gasteiger partial charge in [-0.25, -0.2) is 5.43 Å². The lowest BCUT2D eigenvalue weighted by Crippen LogP contribution is -2.38. The molecule has 0 bridgehead atoms. The van der Waals surface area contributed by atoms with Crippen LogP contribution in [0.4, 0.5) is 0 Å². The third kappa shape index (κ3) is 5.70. The van der Waals surface area contributed by atoms with Crippen LogP contribution in [0.25, 0.3) is 0 Å². The number of aliphatic carboxylic acids is 1. The second-order valence-corrected chi connectivity index (χ2v) is 1.93. The third-order valence-electron chi connectivity index (χ3n) is 1.03. The van der Waals surface area contributed by atoms with E-state index in [1.54, 1.807) is 0 Å². The van der Waals surface area contributed by atoms with Gasteiger partial charge in [-0.15, -0.1) is 0 Å². The molecule has 0 rings (SSSR count). The minimum absolute atomic E-state index is 0.0838. The highest BCUT2D eigenvalue weighted by molar-refractivity contribution is 5.72. The molecule has 0 aromatic carbocycles. The lowest BCUT2D eigenvalue weighted by Gasteiger charge is -2.09. The van der Waals surface area contributed by atoms with Crippen LogP contribution in [0.15, 0.2) is 0 Å². The molecule has 66 valence electrons. The first-order valence-electron chi connectivity index (χ1n) is 2.94. The zero-order valence-electron chi connectivity index (χ0n) is 5.77. The molecule has 0 aromatic rings. The highest BCUT2D eigenvalue weighted by Gasteiger charge is 2.10. The fourth-order valence-corrected chi connectivity index (χ4v) is 0.444. The standard InChI is InChI=1S/C4H11N3O4/c5-3(4(8)9)1-2-6-7(10)11/h3,6,10-11H,1-2,5H2,(H,8,9). The molecule has 1 atom stereocenters. The summed E-state index contributed by atoms with van der Waals surface area (Å²) in [5.41, 5.74) is 7.11. The number of nitrogens with one attached hydrogen (secondary N) is 1. The van der Waals surface area contributed by atoms with Crippen LogP contribution >= 0.6 is 0 Å². The van der Waals surface area contributed by atoms with E-state index in [4.69, 9.17) is 21.3 Å². The summed E-state index contributed by atoms with van der Waals surface area (Å²) in [6.07, 6.45) is 0.118. The SMILES string of the molecule is NC(CCNN(O)O)C(=O)O. The Morgan fingerprint density at radius 2 is 2.18 bits per heavy atom. The van der Waals surface area contributed by atoms with E-state index < -0.39 is 12.0 Å². The van der Waals surface area contributed by atoms with E-state index in [1.807, 2.05) is 5.43 Å². The maximum Gasteiger partial charge on any atom is 0.320 e. The van der Waals surface area contributed by atoms with Gasteiger partial charge in [0.05, 0.1) is 0 Å². The Morgan fingerprint density at radius 1 is 1.64 bits per heavy atom. The second kappa shape index (κ2) is 4.99. The van der Waals surface area contributed by atoms with Crippen LogP contribution in [0, 0.1) is 0 Å². The van der Waals surface area contributed by atoms with Crippen molar-refractivity contribution in [1.82, 2.24) is 10.8 Å². The first-order chi connectivity index (χ1) is 5.04. The van der Waals surface area contributed by atoms with Gasteiger partial charge in [0.15, 0.2) is 0 Å². The van der Waals surface area contributed by atoms with Crippen LogP contribution in [0.3, 0.4) is 0 Å². The minimum Gasteiger partial charge on any atom is -0.480 e. The van der Waals surface area contributed by atoms with E-state index in [1.165, 1.54) is 0 Å². The molecule has 0 aliphatic rings. The molecule has 0 aromatic heterocycles. The summed E-state index contributed by atoms with van der Waals surface area (Å²) >= 11 is 0. The molecular formula is C4H11N3O4. The van der Waals surface area contributed by atoms with Crippen LogP contribution in [0.1, 0.15) is 6.42 Å². The Labute approximate surface area is 62.9 Å². The fourth-order valence-electron chi connectivity index (χ4n) is 0.444. The predicted molar refractivity (Wildman–Crippen MR) is 33.6 cm³/mol. The van der Waals surface area contributed by atoms with Crippen molar-refractivity contribution in [2.24, 2.45) is 5.73 Å². The lowest BCUT2D eigenvalue weighted by molar-refractivity contribution is -0.341. The van der Waals surface area contributed by atoms with Crippen LogP contribution in [-0.2, 0) is 4.79 Å². The molecule has 0 fully saturated rings. The van der Waals surface area contributed by atoms with E-state index in [0.717, 1.165) is 0 Å². The van der Waals surface area contributed by atoms with Gasteiger partial charge in [0.1, 0.15) is 6.04 Å². The minimum atomic E-state index is -1.12. The average molecular weight is 165 g/mol. The molecule has 0 radical (unpaired) electrons. The first-order valence-corrected chi connectivity index (χ1v) is 2.94. The maximum absolute atomic E-state index is 10.1. The zero-order chi connectivity index (χ0) is 8.85. The van der Waals surface area contributed by atoms with Crippen molar-refractivity contribution in [3.05, 3.63) is 0 Å². The third-order valence-corrected chi connectivity index (χ3v) is 1.03. The van der Waals surface area contributed by atoms with Crippen molar-refractivity contribution in [2.75, 3.05) is 6.54 Å². The van der Waals surface area contributed by atoms with E-state index in [2.05, 4.69) is 0 Å². The molecule has 0 spiro atoms. The molecule has 6 N–H and O–H groups in total. The summed E-state index contributed by atoms with van der Waals surface area (Å²) in [5.74, 6) is -1.12. The number of rotatable bonds is 5. The maximum atomic E-state index is 10.1. The van der Waals surface area contributed by atoms with Gasteiger partial charge in [0.25, 0.3) is 0 Å². The van der Waals surface area contributed by atoms with Gasteiger partial charge in [0.2, 0.25) is 0 Å². The molecule has 0 saturated carbocycles. The molecule has 7 heteroatoms. The monoisotopic (exact) mass is 165 g/mol. The number of hydrogen-bond donors (Lipinski definition) is 5. The molecule has 0 aliphatic carbocycles. The first kappa shape index (κ1) is 10.3. The number of carbonyl (C=O) groups is 1. The number of hydrogen-bond acceptors (Lipinski definition) is 6. The normalized spacial score (nSPS) is 13.5. The summed E-state index contributed by atoms with van der Waals surface area (Å²) in [6, 6.07) is -0.984. The van der Waals surface area contributed by atoms with E-state index in [9.17, 15) is 4.79 Å². The summed E-state index contributed by atoms with van der Waals surface area (Å²) < 4.78 is 0. The number of nitrogens with two attached hydrogens (primary N) is 1. The largest absolute Gasteiger partial charge is 0.480 e. The van der Waals surface area contributed by atoms with Crippen molar-refractivity contribution < 1.29 is 20.3 Å². The smallest absolute Gasteiger partial charge is 0.320 e. The lowest BCUT2D eigenvalue weighted by atomic mass is 10.2. The van der Waals surface area contributed by atoms with E-state index in [0.29, 0.717) is 0 Å². The average Bonchev–Trinajstić information content (AvgIpc) is 1.86. The number of hydrazine groups is 1. The Balaban J connectivity index is 3.31. The van der Waals surface area contributed by atoms with Gasteiger partial charge in [-0.3, -0.25) is 15.2 Å². The van der Waals surface area contributed by atoms with Crippen molar-refractivity contribution >= 4 is 5.97 Å². The highest BCUT2D eigenvalue weighted by Crippen LogP contribution is 1.85. The number of nitrogens with zero attached hydrogens (tertiary/aromatic N) is 1. The summed E-state index contributed by atoms with van der Waals surface area (Å²) in [4.78, 5) is 10.1. The predicted octanol–water partition coefficient (Wildman–Crippen LogP) is -1.63. The Morgan fingerprint density at radius 3 is 2.55 bits per heavy atom. The zero-order valence-corrected chi connectivity index (χ0v) is 5.77. The molecule has 0 saturated heterocycles. The van der Waals surface area contributed by atoms with Crippen molar-refractivity contribution in [1.29, 1.82) is 0 Å². The summed E-state index contributed by atoms with van der Waals surface area (Å²) in [6.45, 7) is 0.0838. The molecule has 0 heterocycles. The van der Waals surface area contributed by atoms with Gasteiger partial charge in [-0.2, -0.15) is 0 Å². The Bertz CT molecular complexity index is 129. The topological polar surface area (TPSA) is 119 Å². The molecular weight excluding hydrogens is 154 g/mol. The second-order valence-electron chi connectivity index (χ2n) is 1.93. The van der Waals surface area contributed by atoms with Crippen molar-refractivity contribution in [3.8, 4) is 0 Å². The fraction of sp³-hybridized carbons (Fsp3) is 0.750. The summed E-state index contributed by atoms with van der Waals surface area (Å²) in [5, 5.41) is 24.2. The quantitative estimate of drug-likeness (QED) is 0.310.